The van der Waals surface area contributed by atoms with Crippen molar-refractivity contribution >= 4 is 0 Å². The first-order valence-corrected chi connectivity index (χ1v) is 7.43. The summed E-state index contributed by atoms with van der Waals surface area (Å²) in [5.74, 6) is 0. The van der Waals surface area contributed by atoms with Crippen LogP contribution in [0.3, 0.4) is 0 Å². The van der Waals surface area contributed by atoms with Gasteiger partial charge in [-0.3, -0.25) is 0 Å². The summed E-state index contributed by atoms with van der Waals surface area (Å²) < 4.78 is 10.2. The van der Waals surface area contributed by atoms with Crippen LogP contribution in [0, 0.1) is 0 Å². The van der Waals surface area contributed by atoms with Crippen molar-refractivity contribution < 1.29 is 9.47 Å². The van der Waals surface area contributed by atoms with Gasteiger partial charge < -0.3 is 9.47 Å². The van der Waals surface area contributed by atoms with Crippen molar-refractivity contribution in [2.45, 2.75) is 77.9 Å². The number of unbranched alkanes of at least 4 members (excludes halogenated alkanes) is 6. The summed E-state index contributed by atoms with van der Waals surface area (Å²) in [6, 6.07) is 0. The Balaban J connectivity index is 0. The van der Waals surface area contributed by atoms with E-state index in [-0.39, 0.29) is 6.29 Å². The van der Waals surface area contributed by atoms with E-state index in [4.69, 9.17) is 9.47 Å². The van der Waals surface area contributed by atoms with Crippen molar-refractivity contribution in [1.29, 1.82) is 0 Å². The first-order chi connectivity index (χ1) is 8.76. The Morgan fingerprint density at radius 3 is 1.72 bits per heavy atom. The highest BCUT2D eigenvalue weighted by molar-refractivity contribution is 4.60. The first kappa shape index (κ1) is 20.0. The lowest BCUT2D eigenvalue weighted by Gasteiger charge is -2.12. The molecule has 2 nitrogen and oxygen atoms in total. The molecule has 0 aromatic carbocycles. The van der Waals surface area contributed by atoms with Crippen LogP contribution in [0.15, 0.2) is 12.7 Å². The molecule has 0 fully saturated rings. The number of allylic oxidation sites excluding steroid dienone is 1. The summed E-state index contributed by atoms with van der Waals surface area (Å²) in [5.41, 5.74) is 0. The minimum absolute atomic E-state index is 0.00522. The van der Waals surface area contributed by atoms with Crippen LogP contribution < -0.4 is 0 Å². The second kappa shape index (κ2) is 19.0. The van der Waals surface area contributed by atoms with Crippen LogP contribution in [0.1, 0.15) is 71.6 Å². The molecular formula is C16H34O2. The third kappa shape index (κ3) is 18.0. The predicted octanol–water partition coefficient (Wildman–Crippen LogP) is 5.33. The van der Waals surface area contributed by atoms with Gasteiger partial charge in [0.05, 0.1) is 0 Å². The average Bonchev–Trinajstić information content (AvgIpc) is 2.42. The molecule has 0 aliphatic carbocycles. The van der Waals surface area contributed by atoms with Gasteiger partial charge in [-0.05, 0) is 19.3 Å². The third-order valence-electron chi connectivity index (χ3n) is 2.86. The van der Waals surface area contributed by atoms with Gasteiger partial charge >= 0.3 is 0 Å². The Kier molecular flexibility index (Phi) is 21.1. The van der Waals surface area contributed by atoms with Gasteiger partial charge in [0.25, 0.3) is 0 Å². The summed E-state index contributed by atoms with van der Waals surface area (Å²) in [6.45, 7) is 7.79. The molecule has 0 aromatic heterocycles. The van der Waals surface area contributed by atoms with E-state index in [1.807, 2.05) is 6.08 Å². The standard InChI is InChI=1S/C12H26O2.C4H8/c1-4-5-6-7-8-9-10-11-12(13-2)14-3;1-3-4-2/h12H,4-11H2,1-3H3;3H,1,4H2,2H3. The number of hydrogen-bond acceptors (Lipinski definition) is 2. The molecule has 0 aliphatic rings. The Morgan fingerprint density at radius 1 is 0.889 bits per heavy atom. The van der Waals surface area contributed by atoms with E-state index in [0.717, 1.165) is 12.8 Å². The average molecular weight is 258 g/mol. The van der Waals surface area contributed by atoms with Crippen LogP contribution in [-0.4, -0.2) is 20.5 Å². The quantitative estimate of drug-likeness (QED) is 0.283. The number of hydrogen-bond donors (Lipinski definition) is 0. The van der Waals surface area contributed by atoms with Gasteiger partial charge in [-0.25, -0.2) is 0 Å². The van der Waals surface area contributed by atoms with Crippen LogP contribution in [-0.2, 0) is 9.47 Å². The number of methoxy groups -OCH3 is 2. The van der Waals surface area contributed by atoms with E-state index in [9.17, 15) is 0 Å². The maximum Gasteiger partial charge on any atom is 0.156 e. The van der Waals surface area contributed by atoms with Crippen molar-refractivity contribution in [3.63, 3.8) is 0 Å². The molecule has 0 bridgehead atoms. The Hall–Kier alpha value is -0.340. The van der Waals surface area contributed by atoms with Crippen molar-refractivity contribution in [3.05, 3.63) is 12.7 Å². The molecule has 0 heterocycles. The van der Waals surface area contributed by atoms with E-state index in [1.165, 1.54) is 44.9 Å². The van der Waals surface area contributed by atoms with Gasteiger partial charge in [-0.2, -0.15) is 0 Å². The number of ether oxygens (including phenoxy) is 2. The van der Waals surface area contributed by atoms with Gasteiger partial charge in [0.15, 0.2) is 6.29 Å². The molecule has 0 saturated carbocycles. The minimum Gasteiger partial charge on any atom is -0.356 e. The van der Waals surface area contributed by atoms with Crippen LogP contribution in [0.2, 0.25) is 0 Å². The highest BCUT2D eigenvalue weighted by Crippen LogP contribution is 2.10. The van der Waals surface area contributed by atoms with Crippen molar-refractivity contribution in [2.24, 2.45) is 0 Å². The SMILES string of the molecule is C=CCC.CCCCCCCCCC(OC)OC. The summed E-state index contributed by atoms with van der Waals surface area (Å²) in [7, 11) is 3.41. The third-order valence-corrected chi connectivity index (χ3v) is 2.86. The molecular weight excluding hydrogens is 224 g/mol. The van der Waals surface area contributed by atoms with E-state index >= 15 is 0 Å². The molecule has 0 spiro atoms. The fourth-order valence-electron chi connectivity index (χ4n) is 1.60. The second-order valence-corrected chi connectivity index (χ2v) is 4.51. The molecule has 110 valence electrons. The molecule has 0 N–H and O–H groups in total. The molecule has 0 saturated heterocycles. The topological polar surface area (TPSA) is 18.5 Å². The van der Waals surface area contributed by atoms with Gasteiger partial charge in [-0.1, -0.05) is 58.4 Å². The highest BCUT2D eigenvalue weighted by atomic mass is 16.7. The summed E-state index contributed by atoms with van der Waals surface area (Å²) in [6.07, 6.45) is 13.4. The molecule has 18 heavy (non-hydrogen) atoms. The van der Waals surface area contributed by atoms with E-state index in [0.29, 0.717) is 0 Å². The molecule has 0 aliphatic heterocycles. The van der Waals surface area contributed by atoms with Crippen LogP contribution in [0.5, 0.6) is 0 Å². The zero-order chi connectivity index (χ0) is 14.1. The van der Waals surface area contributed by atoms with E-state index in [2.05, 4.69) is 20.4 Å². The molecule has 0 unspecified atom stereocenters. The normalized spacial score (nSPS) is 10.1. The Labute approximate surface area is 115 Å². The predicted molar refractivity (Wildman–Crippen MR) is 80.9 cm³/mol. The van der Waals surface area contributed by atoms with Crippen molar-refractivity contribution in [3.8, 4) is 0 Å². The highest BCUT2D eigenvalue weighted by Gasteiger charge is 2.03. The lowest BCUT2D eigenvalue weighted by atomic mass is 10.1. The second-order valence-electron chi connectivity index (χ2n) is 4.51. The summed E-state index contributed by atoms with van der Waals surface area (Å²) in [5, 5.41) is 0. The zero-order valence-electron chi connectivity index (χ0n) is 13.0. The zero-order valence-corrected chi connectivity index (χ0v) is 13.0. The molecule has 0 radical (unpaired) electrons. The Morgan fingerprint density at radius 2 is 1.33 bits per heavy atom. The van der Waals surface area contributed by atoms with E-state index in [1.54, 1.807) is 14.2 Å². The van der Waals surface area contributed by atoms with Crippen LogP contribution >= 0.6 is 0 Å². The largest absolute Gasteiger partial charge is 0.356 e. The van der Waals surface area contributed by atoms with Crippen molar-refractivity contribution in [2.75, 3.05) is 14.2 Å². The van der Waals surface area contributed by atoms with Gasteiger partial charge in [0, 0.05) is 14.2 Å². The smallest absolute Gasteiger partial charge is 0.156 e. The fraction of sp³-hybridized carbons (Fsp3) is 0.875. The molecule has 2 heteroatoms. The maximum absolute atomic E-state index is 5.12. The van der Waals surface area contributed by atoms with Gasteiger partial charge in [0.2, 0.25) is 0 Å². The fourth-order valence-corrected chi connectivity index (χ4v) is 1.60. The van der Waals surface area contributed by atoms with Gasteiger partial charge in [0.1, 0.15) is 0 Å². The maximum atomic E-state index is 5.12. The van der Waals surface area contributed by atoms with Crippen LogP contribution in [0.25, 0.3) is 0 Å². The molecule has 0 aromatic rings. The molecule has 0 rings (SSSR count). The van der Waals surface area contributed by atoms with Gasteiger partial charge in [-0.15, -0.1) is 6.58 Å². The molecule has 0 amide bonds. The van der Waals surface area contributed by atoms with Crippen molar-refractivity contribution in [1.82, 2.24) is 0 Å². The van der Waals surface area contributed by atoms with Crippen LogP contribution in [0.4, 0.5) is 0 Å². The Bertz CT molecular complexity index is 142. The lowest BCUT2D eigenvalue weighted by molar-refractivity contribution is -0.107. The number of rotatable bonds is 11. The summed E-state index contributed by atoms with van der Waals surface area (Å²) in [4.78, 5) is 0. The first-order valence-electron chi connectivity index (χ1n) is 7.43. The summed E-state index contributed by atoms with van der Waals surface area (Å²) >= 11 is 0. The monoisotopic (exact) mass is 258 g/mol. The molecule has 0 atom stereocenters. The lowest BCUT2D eigenvalue weighted by Crippen LogP contribution is -2.12. The minimum atomic E-state index is 0.00522. The van der Waals surface area contributed by atoms with E-state index < -0.39 is 0 Å².